The number of nitrogens with two attached hydrogens (primary N) is 1. The zero-order valence-electron chi connectivity index (χ0n) is 11.5. The predicted molar refractivity (Wildman–Crippen MR) is 80.0 cm³/mol. The maximum absolute atomic E-state index is 9.00. The average molecular weight is 317 g/mol. The third-order valence-corrected chi connectivity index (χ3v) is 0.997. The summed E-state index contributed by atoms with van der Waals surface area (Å²) in [6.45, 7) is 7.41. The Morgan fingerprint density at radius 1 is 1.41 bits per heavy atom. The second-order valence-electron chi connectivity index (χ2n) is 2.73. The van der Waals surface area contributed by atoms with Gasteiger partial charge < -0.3 is 25.9 Å². The Labute approximate surface area is 129 Å². The van der Waals surface area contributed by atoms with Crippen molar-refractivity contribution in [1.29, 1.82) is 5.41 Å². The van der Waals surface area contributed by atoms with Gasteiger partial charge in [-0.25, -0.2) is 6.57 Å². The van der Waals surface area contributed by atoms with E-state index in [2.05, 4.69) is 31.0 Å². The zero-order chi connectivity index (χ0) is 16.9. The van der Waals surface area contributed by atoms with Gasteiger partial charge >= 0.3 is 0 Å². The Hall–Kier alpha value is -2.71. The van der Waals surface area contributed by atoms with E-state index in [9.17, 15) is 0 Å². The minimum Gasteiger partial charge on any atom is -0.481 e. The summed E-state index contributed by atoms with van der Waals surface area (Å²) in [5.74, 6) is -0.361. The number of nitrogens with one attached hydrogen (secondary N) is 1. The summed E-state index contributed by atoms with van der Waals surface area (Å²) in [5.41, 5.74) is 4.39. The van der Waals surface area contributed by atoms with Crippen LogP contribution in [0.3, 0.4) is 0 Å². The van der Waals surface area contributed by atoms with Crippen molar-refractivity contribution < 1.29 is 20.1 Å². The maximum atomic E-state index is 9.00. The van der Waals surface area contributed by atoms with Crippen LogP contribution in [0.25, 0.3) is 4.85 Å². The molecule has 0 aliphatic heterocycles. The fraction of sp³-hybridized carbons (Fsp3) is 0.545. The fourth-order valence-electron chi connectivity index (χ4n) is 0.478. The third-order valence-electron chi connectivity index (χ3n) is 0.997. The molecule has 1 rings (SSSR count). The molecule has 0 atom stereocenters. The quantitative estimate of drug-likeness (QED) is 0.264. The summed E-state index contributed by atoms with van der Waals surface area (Å²) in [4.78, 5) is 11.9. The Balaban J connectivity index is -0.000000108. The molecular weight excluding hydrogens is 294 g/mol. The number of aromatic nitrogens is 4. The molecule has 1 heterocycles. The minimum atomic E-state index is -0.833. The lowest BCUT2D eigenvalue weighted by atomic mass is 10.4. The first kappa shape index (κ1) is 27.6. The minimum absolute atomic E-state index is 0. The van der Waals surface area contributed by atoms with Gasteiger partial charge in [-0.3, -0.25) is 10.2 Å². The molecule has 0 radical (unpaired) electrons. The summed E-state index contributed by atoms with van der Waals surface area (Å²) >= 11 is 0. The summed E-state index contributed by atoms with van der Waals surface area (Å²) in [5, 5.41) is 43.6. The Bertz CT molecular complexity index is 380. The van der Waals surface area contributed by atoms with Crippen LogP contribution < -0.4 is 5.73 Å². The number of carboxylic acid groups (broad SMARTS) is 1. The van der Waals surface area contributed by atoms with E-state index in [1.807, 2.05) is 0 Å². The molecule has 0 fully saturated rings. The number of rotatable bonds is 3. The van der Waals surface area contributed by atoms with Gasteiger partial charge in [0.1, 0.15) is 6.61 Å². The van der Waals surface area contributed by atoms with Gasteiger partial charge in [-0.05, 0) is 0 Å². The van der Waals surface area contributed by atoms with E-state index in [0.717, 1.165) is 13.3 Å². The molecule has 0 aromatic carbocycles. The van der Waals surface area contributed by atoms with E-state index in [1.54, 1.807) is 0 Å². The monoisotopic (exact) mass is 317 g/mol. The van der Waals surface area contributed by atoms with Gasteiger partial charge in [0.15, 0.2) is 12.2 Å². The molecule has 1 aromatic heterocycles. The van der Waals surface area contributed by atoms with Crippen molar-refractivity contribution in [3.05, 3.63) is 23.6 Å². The number of aliphatic hydroxyl groups is 2. The lowest BCUT2D eigenvalue weighted by molar-refractivity contribution is -0.134. The number of carboxylic acids is 1. The summed E-state index contributed by atoms with van der Waals surface area (Å²) in [6.07, 6.45) is 2.42. The molecule has 0 unspecified atom stereocenters. The van der Waals surface area contributed by atoms with Gasteiger partial charge in [-0.1, -0.05) is 7.43 Å². The SMILES string of the molecule is C.CC(=O)O.N=CN.OCCc1nncnn1.[C-]#[N+]CCO. The van der Waals surface area contributed by atoms with Crippen LogP contribution in [0.4, 0.5) is 0 Å². The normalized spacial score (nSPS) is 7.00. The van der Waals surface area contributed by atoms with Crippen molar-refractivity contribution in [3.63, 3.8) is 0 Å². The molecule has 0 saturated carbocycles. The van der Waals surface area contributed by atoms with Crippen molar-refractivity contribution in [2.75, 3.05) is 19.8 Å². The molecule has 6 N–H and O–H groups in total. The molecule has 0 amide bonds. The molecule has 126 valence electrons. The third kappa shape index (κ3) is 43.3. The van der Waals surface area contributed by atoms with Crippen LogP contribution in [-0.2, 0) is 11.2 Å². The van der Waals surface area contributed by atoms with Gasteiger partial charge in [0.05, 0.1) is 12.9 Å². The first-order chi connectivity index (χ1) is 9.99. The number of hydrogen-bond acceptors (Lipinski definition) is 8. The lowest BCUT2D eigenvalue weighted by Crippen LogP contribution is -2.01. The van der Waals surface area contributed by atoms with Crippen molar-refractivity contribution in [1.82, 2.24) is 20.4 Å². The highest BCUT2D eigenvalue weighted by Crippen LogP contribution is 1.80. The van der Waals surface area contributed by atoms with E-state index in [0.29, 0.717) is 12.2 Å². The molecule has 22 heavy (non-hydrogen) atoms. The van der Waals surface area contributed by atoms with E-state index >= 15 is 0 Å². The number of aliphatic carboxylic acids is 1. The Kier molecular flexibility index (Phi) is 33.6. The van der Waals surface area contributed by atoms with Crippen LogP contribution in [-0.4, -0.2) is 67.8 Å². The molecule has 0 bridgehead atoms. The number of aliphatic hydroxyl groups excluding tert-OH is 2. The molecule has 11 heteroatoms. The van der Waals surface area contributed by atoms with Crippen molar-refractivity contribution in [3.8, 4) is 0 Å². The van der Waals surface area contributed by atoms with Crippen LogP contribution in [0.1, 0.15) is 20.2 Å². The lowest BCUT2D eigenvalue weighted by Gasteiger charge is -1.88. The van der Waals surface area contributed by atoms with Crippen LogP contribution in [0.2, 0.25) is 0 Å². The van der Waals surface area contributed by atoms with Crippen molar-refractivity contribution >= 4 is 12.3 Å². The number of hydrogen-bond donors (Lipinski definition) is 5. The van der Waals surface area contributed by atoms with Crippen LogP contribution in [0.5, 0.6) is 0 Å². The second kappa shape index (κ2) is 26.8. The predicted octanol–water partition coefficient (Wildman–Crippen LogP) is -1.02. The smallest absolute Gasteiger partial charge is 0.300 e. The van der Waals surface area contributed by atoms with E-state index in [4.69, 9.17) is 32.1 Å². The van der Waals surface area contributed by atoms with Gasteiger partial charge in [0.2, 0.25) is 6.54 Å². The number of nitrogens with zero attached hydrogens (tertiary/aromatic N) is 5. The molecule has 0 saturated heterocycles. The second-order valence-corrected chi connectivity index (χ2v) is 2.73. The van der Waals surface area contributed by atoms with Crippen molar-refractivity contribution in [2.24, 2.45) is 5.73 Å². The maximum Gasteiger partial charge on any atom is 0.300 e. The van der Waals surface area contributed by atoms with Gasteiger partial charge in [-0.2, -0.15) is 0 Å². The van der Waals surface area contributed by atoms with Crippen LogP contribution in [0, 0.1) is 12.0 Å². The van der Waals surface area contributed by atoms with E-state index in [-0.39, 0.29) is 27.2 Å². The highest BCUT2D eigenvalue weighted by atomic mass is 16.4. The number of carbonyl (C=O) groups is 1. The van der Waals surface area contributed by atoms with Crippen molar-refractivity contribution in [2.45, 2.75) is 20.8 Å². The first-order valence-electron chi connectivity index (χ1n) is 5.44. The first-order valence-corrected chi connectivity index (χ1v) is 5.44. The van der Waals surface area contributed by atoms with Gasteiger partial charge in [0, 0.05) is 13.3 Å². The molecule has 0 aliphatic rings. The summed E-state index contributed by atoms with van der Waals surface area (Å²) in [6, 6.07) is 0. The Morgan fingerprint density at radius 3 is 2.05 bits per heavy atom. The van der Waals surface area contributed by atoms with E-state index in [1.165, 1.54) is 6.33 Å². The topological polar surface area (TPSA) is 184 Å². The zero-order valence-corrected chi connectivity index (χ0v) is 11.5. The molecule has 0 aliphatic carbocycles. The summed E-state index contributed by atoms with van der Waals surface area (Å²) in [7, 11) is 0. The van der Waals surface area contributed by atoms with Crippen LogP contribution in [0.15, 0.2) is 6.33 Å². The van der Waals surface area contributed by atoms with Crippen LogP contribution >= 0.6 is 0 Å². The fourth-order valence-corrected chi connectivity index (χ4v) is 0.478. The van der Waals surface area contributed by atoms with Gasteiger partial charge in [0.25, 0.3) is 5.97 Å². The average Bonchev–Trinajstić information content (AvgIpc) is 2.42. The molecule has 11 nitrogen and oxygen atoms in total. The largest absolute Gasteiger partial charge is 0.481 e. The van der Waals surface area contributed by atoms with E-state index < -0.39 is 5.97 Å². The molecular formula is C11H23N7O4. The van der Waals surface area contributed by atoms with Gasteiger partial charge in [-0.15, -0.1) is 20.4 Å². The standard InChI is InChI=1S/C4H6N4O.C3H5NO.C2H4O2.CH4N2.CH4/c9-2-1-4-7-5-3-6-8-4;1-4-2-3-5;1-2(3)4;2-1-3;/h3,9H,1-2H2;5H,2-3H2;1H3,(H,3,4);1H,(H3,2,3);1H4. The molecule has 0 spiro atoms. The molecule has 1 aromatic rings. The highest BCUT2D eigenvalue weighted by Gasteiger charge is 1.91. The highest BCUT2D eigenvalue weighted by molar-refractivity contribution is 5.62. The Morgan fingerprint density at radius 2 is 1.82 bits per heavy atom. The summed E-state index contributed by atoms with van der Waals surface area (Å²) < 4.78 is 0.